The zero-order chi connectivity index (χ0) is 15.0. The van der Waals surface area contributed by atoms with Crippen LogP contribution in [0.3, 0.4) is 0 Å². The summed E-state index contributed by atoms with van der Waals surface area (Å²) >= 11 is 0. The van der Waals surface area contributed by atoms with Crippen molar-refractivity contribution >= 4 is 9.76 Å². The van der Waals surface area contributed by atoms with E-state index in [1.54, 1.807) is 12.1 Å². The Bertz CT molecular complexity index is 375. The fraction of sp³-hybridized carbons (Fsp3) is 0.600. The first-order chi connectivity index (χ1) is 9.47. The lowest BCUT2D eigenvalue weighted by Crippen LogP contribution is -2.28. The molecule has 0 aromatic heterocycles. The predicted octanol–water partition coefficient (Wildman–Crippen LogP) is 3.02. The van der Waals surface area contributed by atoms with Crippen molar-refractivity contribution in [2.75, 3.05) is 0 Å². The van der Waals surface area contributed by atoms with Gasteiger partial charge in [-0.2, -0.15) is 0 Å². The SMILES string of the molecule is CC(C)OC(O[SiH2]CCc1cccc(F)c1)OC(C)C. The normalized spacial score (nSPS) is 12.4. The van der Waals surface area contributed by atoms with Gasteiger partial charge in [0.05, 0.1) is 12.2 Å². The van der Waals surface area contributed by atoms with Gasteiger partial charge >= 0.3 is 0 Å². The second-order valence-corrected chi connectivity index (χ2v) is 6.71. The van der Waals surface area contributed by atoms with Crippen LogP contribution < -0.4 is 0 Å². The van der Waals surface area contributed by atoms with E-state index in [1.807, 2.05) is 33.8 Å². The van der Waals surface area contributed by atoms with Crippen LogP contribution in [0.25, 0.3) is 0 Å². The molecule has 0 aliphatic rings. The summed E-state index contributed by atoms with van der Waals surface area (Å²) in [7, 11) is -0.751. The molecule has 0 N–H and O–H groups in total. The highest BCUT2D eigenvalue weighted by atomic mass is 28.2. The molecule has 0 radical (unpaired) electrons. The standard InChI is InChI=1S/C15H25FO3Si/c1-11(2)17-15(18-12(3)4)19-20-9-8-13-6-5-7-14(16)10-13/h5-7,10-12,15H,8-9,20H2,1-4H3. The first-order valence-corrected chi connectivity index (χ1v) is 8.72. The zero-order valence-electron chi connectivity index (χ0n) is 12.8. The van der Waals surface area contributed by atoms with E-state index in [9.17, 15) is 4.39 Å². The van der Waals surface area contributed by atoms with Crippen molar-refractivity contribution in [2.45, 2.75) is 58.8 Å². The maximum atomic E-state index is 13.0. The Balaban J connectivity index is 2.29. The van der Waals surface area contributed by atoms with Crippen LogP contribution in [0.1, 0.15) is 33.3 Å². The summed E-state index contributed by atoms with van der Waals surface area (Å²) in [5, 5.41) is 0. The summed E-state index contributed by atoms with van der Waals surface area (Å²) < 4.78 is 29.9. The van der Waals surface area contributed by atoms with E-state index in [4.69, 9.17) is 13.9 Å². The molecule has 0 bridgehead atoms. The number of halogens is 1. The Morgan fingerprint density at radius 1 is 1.10 bits per heavy atom. The molecule has 114 valence electrons. The van der Waals surface area contributed by atoms with Gasteiger partial charge in [0.2, 0.25) is 0 Å². The molecular weight excluding hydrogens is 275 g/mol. The van der Waals surface area contributed by atoms with Crippen molar-refractivity contribution in [1.29, 1.82) is 0 Å². The first kappa shape index (κ1) is 17.3. The van der Waals surface area contributed by atoms with Crippen LogP contribution in [0.4, 0.5) is 4.39 Å². The minimum Gasteiger partial charge on any atom is -0.379 e. The van der Waals surface area contributed by atoms with Gasteiger partial charge in [-0.3, -0.25) is 0 Å². The van der Waals surface area contributed by atoms with Crippen molar-refractivity contribution in [2.24, 2.45) is 0 Å². The van der Waals surface area contributed by atoms with Crippen LogP contribution in [0, 0.1) is 5.82 Å². The summed E-state index contributed by atoms with van der Waals surface area (Å²) in [5.74, 6) is -0.186. The molecular formula is C15H25FO3Si. The Morgan fingerprint density at radius 3 is 2.30 bits per heavy atom. The minimum atomic E-state index is -0.751. The van der Waals surface area contributed by atoms with Gasteiger partial charge in [-0.05, 0) is 57.9 Å². The first-order valence-electron chi connectivity index (χ1n) is 7.14. The lowest BCUT2D eigenvalue weighted by Gasteiger charge is -2.23. The Morgan fingerprint density at radius 2 is 1.75 bits per heavy atom. The van der Waals surface area contributed by atoms with Crippen molar-refractivity contribution in [1.82, 2.24) is 0 Å². The molecule has 0 atom stereocenters. The maximum absolute atomic E-state index is 13.0. The highest BCUT2D eigenvalue weighted by Gasteiger charge is 2.13. The zero-order valence-corrected chi connectivity index (χ0v) is 14.2. The van der Waals surface area contributed by atoms with Crippen LogP contribution in [0.2, 0.25) is 6.04 Å². The third-order valence-electron chi connectivity index (χ3n) is 2.52. The molecule has 20 heavy (non-hydrogen) atoms. The number of hydrogen-bond acceptors (Lipinski definition) is 3. The molecule has 0 spiro atoms. The highest BCUT2D eigenvalue weighted by Crippen LogP contribution is 2.09. The topological polar surface area (TPSA) is 27.7 Å². The summed E-state index contributed by atoms with van der Waals surface area (Å²) in [6.07, 6.45) is 0.965. The summed E-state index contributed by atoms with van der Waals surface area (Å²) in [5.41, 5.74) is 1.01. The molecule has 0 heterocycles. The van der Waals surface area contributed by atoms with Crippen molar-refractivity contribution in [3.63, 3.8) is 0 Å². The quantitative estimate of drug-likeness (QED) is 0.398. The van der Waals surface area contributed by atoms with E-state index in [0.29, 0.717) is 0 Å². The van der Waals surface area contributed by atoms with Gasteiger partial charge in [0, 0.05) is 0 Å². The predicted molar refractivity (Wildman–Crippen MR) is 80.8 cm³/mol. The number of benzene rings is 1. The van der Waals surface area contributed by atoms with Crippen LogP contribution >= 0.6 is 0 Å². The van der Waals surface area contributed by atoms with Gasteiger partial charge in [0.25, 0.3) is 6.48 Å². The molecule has 0 aliphatic heterocycles. The van der Waals surface area contributed by atoms with Crippen molar-refractivity contribution < 1.29 is 18.3 Å². The Kier molecular flexibility index (Phi) is 7.99. The summed E-state index contributed by atoms with van der Waals surface area (Å²) in [6.45, 7) is 7.24. The van der Waals surface area contributed by atoms with Gasteiger partial charge in [-0.15, -0.1) is 0 Å². The van der Waals surface area contributed by atoms with Gasteiger partial charge in [-0.1, -0.05) is 12.1 Å². The number of hydrogen-bond donors (Lipinski definition) is 0. The molecule has 1 aromatic carbocycles. The van der Waals surface area contributed by atoms with E-state index >= 15 is 0 Å². The van der Waals surface area contributed by atoms with Crippen LogP contribution in [0.15, 0.2) is 24.3 Å². The second-order valence-electron chi connectivity index (χ2n) is 5.26. The smallest absolute Gasteiger partial charge is 0.262 e. The van der Waals surface area contributed by atoms with Crippen molar-refractivity contribution in [3.05, 3.63) is 35.6 Å². The molecule has 0 saturated carbocycles. The van der Waals surface area contributed by atoms with Crippen LogP contribution in [-0.2, 0) is 20.3 Å². The lowest BCUT2D eigenvalue weighted by atomic mass is 10.2. The van der Waals surface area contributed by atoms with E-state index in [-0.39, 0.29) is 18.0 Å². The molecule has 0 amide bonds. The van der Waals surface area contributed by atoms with E-state index in [1.165, 1.54) is 6.07 Å². The van der Waals surface area contributed by atoms with Gasteiger partial charge in [0.15, 0.2) is 9.76 Å². The molecule has 0 saturated heterocycles. The molecule has 1 aromatic rings. The number of ether oxygens (including phenoxy) is 2. The van der Waals surface area contributed by atoms with E-state index in [2.05, 4.69) is 0 Å². The fourth-order valence-corrected chi connectivity index (χ4v) is 2.77. The Hall–Kier alpha value is -0.753. The van der Waals surface area contributed by atoms with E-state index < -0.39 is 16.2 Å². The molecule has 3 nitrogen and oxygen atoms in total. The maximum Gasteiger partial charge on any atom is 0.262 e. The van der Waals surface area contributed by atoms with E-state index in [0.717, 1.165) is 18.0 Å². The molecule has 0 fully saturated rings. The molecule has 1 rings (SSSR count). The summed E-state index contributed by atoms with van der Waals surface area (Å²) in [6, 6.07) is 7.63. The second kappa shape index (κ2) is 9.23. The minimum absolute atomic E-state index is 0.0657. The number of rotatable bonds is 9. The lowest BCUT2D eigenvalue weighted by molar-refractivity contribution is -0.275. The molecule has 0 unspecified atom stereocenters. The van der Waals surface area contributed by atoms with Crippen molar-refractivity contribution in [3.8, 4) is 0 Å². The fourth-order valence-electron chi connectivity index (χ4n) is 1.70. The van der Waals surface area contributed by atoms with Gasteiger partial charge in [-0.25, -0.2) is 4.39 Å². The third kappa shape index (κ3) is 7.74. The molecule has 5 heteroatoms. The Labute approximate surface area is 123 Å². The third-order valence-corrected chi connectivity index (χ3v) is 3.67. The van der Waals surface area contributed by atoms with Crippen LogP contribution in [0.5, 0.6) is 0 Å². The average molecular weight is 300 g/mol. The van der Waals surface area contributed by atoms with Gasteiger partial charge in [0.1, 0.15) is 5.82 Å². The average Bonchev–Trinajstić information content (AvgIpc) is 2.33. The van der Waals surface area contributed by atoms with Gasteiger partial charge < -0.3 is 13.9 Å². The monoisotopic (exact) mass is 300 g/mol. The largest absolute Gasteiger partial charge is 0.379 e. The number of aryl methyl sites for hydroxylation is 1. The van der Waals surface area contributed by atoms with Crippen LogP contribution in [-0.4, -0.2) is 28.4 Å². The summed E-state index contributed by atoms with van der Waals surface area (Å²) in [4.78, 5) is 0. The highest BCUT2D eigenvalue weighted by molar-refractivity contribution is 6.27. The molecule has 0 aliphatic carbocycles.